The Bertz CT molecular complexity index is 344. The van der Waals surface area contributed by atoms with Crippen LogP contribution in [-0.2, 0) is 6.42 Å². The van der Waals surface area contributed by atoms with Crippen molar-refractivity contribution in [1.82, 2.24) is 5.43 Å². The van der Waals surface area contributed by atoms with Crippen molar-refractivity contribution in [3.63, 3.8) is 0 Å². The normalized spacial score (nSPS) is 17.4. The first kappa shape index (κ1) is 11.5. The van der Waals surface area contributed by atoms with Crippen LogP contribution < -0.4 is 11.3 Å². The van der Waals surface area contributed by atoms with E-state index >= 15 is 0 Å². The monoisotopic (exact) mass is 226 g/mol. The molecule has 1 aromatic carbocycles. The van der Waals surface area contributed by atoms with Crippen molar-refractivity contribution in [3.05, 3.63) is 35.4 Å². The van der Waals surface area contributed by atoms with E-state index in [-0.39, 0.29) is 11.6 Å². The average Bonchev–Trinajstić information content (AvgIpc) is 3.06. The molecule has 1 aliphatic carbocycles. The van der Waals surface area contributed by atoms with Crippen LogP contribution in [0, 0.1) is 17.6 Å². The molecule has 4 heteroatoms. The van der Waals surface area contributed by atoms with Gasteiger partial charge in [0.25, 0.3) is 0 Å². The number of halogens is 2. The van der Waals surface area contributed by atoms with E-state index in [0.717, 1.165) is 6.42 Å². The molecule has 1 fully saturated rings. The maximum atomic E-state index is 13.4. The molecule has 1 saturated carbocycles. The van der Waals surface area contributed by atoms with E-state index in [2.05, 4.69) is 5.43 Å². The Hall–Kier alpha value is -1.00. The van der Waals surface area contributed by atoms with E-state index in [4.69, 9.17) is 5.84 Å². The minimum absolute atomic E-state index is 0.0427. The highest BCUT2D eigenvalue weighted by molar-refractivity contribution is 5.20. The van der Waals surface area contributed by atoms with E-state index in [9.17, 15) is 8.78 Å². The van der Waals surface area contributed by atoms with Gasteiger partial charge in [0.2, 0.25) is 0 Å². The third-order valence-corrected chi connectivity index (χ3v) is 3.06. The molecule has 0 bridgehead atoms. The first-order valence-electron chi connectivity index (χ1n) is 5.59. The molecule has 2 rings (SSSR count). The van der Waals surface area contributed by atoms with Gasteiger partial charge >= 0.3 is 0 Å². The Morgan fingerprint density at radius 1 is 1.31 bits per heavy atom. The SMILES string of the molecule is NNC(Cc1c(F)cccc1F)CC1CC1. The minimum atomic E-state index is -0.490. The quantitative estimate of drug-likeness (QED) is 0.596. The fourth-order valence-corrected chi connectivity index (χ4v) is 1.94. The summed E-state index contributed by atoms with van der Waals surface area (Å²) in [6.07, 6.45) is 3.62. The lowest BCUT2D eigenvalue weighted by Crippen LogP contribution is -2.37. The van der Waals surface area contributed by atoms with Gasteiger partial charge in [-0.3, -0.25) is 11.3 Å². The zero-order valence-corrected chi connectivity index (χ0v) is 9.05. The third kappa shape index (κ3) is 2.77. The van der Waals surface area contributed by atoms with Crippen molar-refractivity contribution in [2.75, 3.05) is 0 Å². The zero-order valence-electron chi connectivity index (χ0n) is 9.05. The number of benzene rings is 1. The van der Waals surface area contributed by atoms with Gasteiger partial charge in [0.05, 0.1) is 0 Å². The molecule has 88 valence electrons. The second kappa shape index (κ2) is 4.89. The van der Waals surface area contributed by atoms with Gasteiger partial charge < -0.3 is 0 Å². The molecule has 1 atom stereocenters. The van der Waals surface area contributed by atoms with Gasteiger partial charge in [0.1, 0.15) is 11.6 Å². The van der Waals surface area contributed by atoms with Crippen LogP contribution in [0.1, 0.15) is 24.8 Å². The molecule has 0 spiro atoms. The zero-order chi connectivity index (χ0) is 11.5. The van der Waals surface area contributed by atoms with Crippen molar-refractivity contribution in [2.45, 2.75) is 31.7 Å². The number of hydrogen-bond donors (Lipinski definition) is 2. The second-order valence-corrected chi connectivity index (χ2v) is 4.45. The molecule has 16 heavy (non-hydrogen) atoms. The highest BCUT2D eigenvalue weighted by Gasteiger charge is 2.26. The van der Waals surface area contributed by atoms with Crippen molar-refractivity contribution in [1.29, 1.82) is 0 Å². The molecule has 0 aromatic heterocycles. The average molecular weight is 226 g/mol. The van der Waals surface area contributed by atoms with Crippen molar-refractivity contribution >= 4 is 0 Å². The van der Waals surface area contributed by atoms with Gasteiger partial charge in [0, 0.05) is 11.6 Å². The molecular formula is C12H16F2N2. The molecule has 3 N–H and O–H groups in total. The lowest BCUT2D eigenvalue weighted by molar-refractivity contribution is 0.445. The molecule has 0 aliphatic heterocycles. The van der Waals surface area contributed by atoms with Crippen LogP contribution in [-0.4, -0.2) is 6.04 Å². The lowest BCUT2D eigenvalue weighted by atomic mass is 10.0. The molecule has 2 nitrogen and oxygen atoms in total. The smallest absolute Gasteiger partial charge is 0.129 e. The molecule has 0 amide bonds. The topological polar surface area (TPSA) is 38.0 Å². The summed E-state index contributed by atoms with van der Waals surface area (Å²) in [4.78, 5) is 0. The van der Waals surface area contributed by atoms with Crippen molar-refractivity contribution in [2.24, 2.45) is 11.8 Å². The van der Waals surface area contributed by atoms with Gasteiger partial charge in [-0.25, -0.2) is 8.78 Å². The predicted octanol–water partition coefficient (Wildman–Crippen LogP) is 2.14. The summed E-state index contributed by atoms with van der Waals surface area (Å²) in [6, 6.07) is 3.89. The molecule has 1 aromatic rings. The van der Waals surface area contributed by atoms with Crippen LogP contribution in [0.3, 0.4) is 0 Å². The summed E-state index contributed by atoms with van der Waals surface area (Å²) in [6.45, 7) is 0. The maximum Gasteiger partial charge on any atom is 0.129 e. The van der Waals surface area contributed by atoms with Gasteiger partial charge in [-0.15, -0.1) is 0 Å². The first-order valence-corrected chi connectivity index (χ1v) is 5.59. The van der Waals surface area contributed by atoms with E-state index in [1.54, 1.807) is 0 Å². The molecule has 0 radical (unpaired) electrons. The Labute approximate surface area is 93.8 Å². The van der Waals surface area contributed by atoms with Crippen molar-refractivity contribution in [3.8, 4) is 0 Å². The Morgan fingerprint density at radius 3 is 2.44 bits per heavy atom. The van der Waals surface area contributed by atoms with Crippen LogP contribution in [0.5, 0.6) is 0 Å². The lowest BCUT2D eigenvalue weighted by Gasteiger charge is -2.16. The fraction of sp³-hybridized carbons (Fsp3) is 0.500. The largest absolute Gasteiger partial charge is 0.271 e. The van der Waals surface area contributed by atoms with Crippen LogP contribution in [0.25, 0.3) is 0 Å². The van der Waals surface area contributed by atoms with Gasteiger partial charge in [-0.05, 0) is 30.9 Å². The molecule has 0 saturated heterocycles. The Kier molecular flexibility index (Phi) is 3.51. The van der Waals surface area contributed by atoms with Gasteiger partial charge in [-0.2, -0.15) is 0 Å². The predicted molar refractivity (Wildman–Crippen MR) is 58.5 cm³/mol. The van der Waals surface area contributed by atoms with E-state index in [1.807, 2.05) is 0 Å². The maximum absolute atomic E-state index is 13.4. The highest BCUT2D eigenvalue weighted by Crippen LogP contribution is 2.34. The summed E-state index contributed by atoms with van der Waals surface area (Å²) in [5.41, 5.74) is 2.77. The Morgan fingerprint density at radius 2 is 1.94 bits per heavy atom. The summed E-state index contributed by atoms with van der Waals surface area (Å²) in [7, 11) is 0. The summed E-state index contributed by atoms with van der Waals surface area (Å²) in [5, 5.41) is 0. The fourth-order valence-electron chi connectivity index (χ4n) is 1.94. The minimum Gasteiger partial charge on any atom is -0.271 e. The van der Waals surface area contributed by atoms with E-state index in [1.165, 1.54) is 31.0 Å². The van der Waals surface area contributed by atoms with Gasteiger partial charge in [-0.1, -0.05) is 18.9 Å². The molecular weight excluding hydrogens is 210 g/mol. The second-order valence-electron chi connectivity index (χ2n) is 4.45. The van der Waals surface area contributed by atoms with Crippen LogP contribution in [0.2, 0.25) is 0 Å². The summed E-state index contributed by atoms with van der Waals surface area (Å²) in [5.74, 6) is 5.10. The highest BCUT2D eigenvalue weighted by atomic mass is 19.1. The van der Waals surface area contributed by atoms with Gasteiger partial charge in [0.15, 0.2) is 0 Å². The van der Waals surface area contributed by atoms with E-state index in [0.29, 0.717) is 12.3 Å². The Balaban J connectivity index is 2.05. The standard InChI is InChI=1S/C12H16F2N2/c13-11-2-1-3-12(14)10(11)7-9(16-15)6-8-4-5-8/h1-3,8-9,16H,4-7,15H2. The molecule has 1 aliphatic rings. The van der Waals surface area contributed by atoms with E-state index < -0.39 is 11.6 Å². The number of nitrogens with two attached hydrogens (primary N) is 1. The summed E-state index contributed by atoms with van der Waals surface area (Å²) < 4.78 is 26.8. The number of nitrogens with one attached hydrogen (secondary N) is 1. The van der Waals surface area contributed by atoms with Crippen LogP contribution in [0.15, 0.2) is 18.2 Å². The number of hydrazine groups is 1. The van der Waals surface area contributed by atoms with Crippen LogP contribution in [0.4, 0.5) is 8.78 Å². The molecule has 0 heterocycles. The number of hydrogen-bond acceptors (Lipinski definition) is 2. The summed E-state index contributed by atoms with van der Waals surface area (Å²) >= 11 is 0. The first-order chi connectivity index (χ1) is 7.70. The molecule has 1 unspecified atom stereocenters. The number of rotatable bonds is 5. The van der Waals surface area contributed by atoms with Crippen LogP contribution >= 0.6 is 0 Å². The third-order valence-electron chi connectivity index (χ3n) is 3.06. The van der Waals surface area contributed by atoms with Crippen molar-refractivity contribution < 1.29 is 8.78 Å².